The quantitative estimate of drug-likeness (QED) is 0.784. The van der Waals surface area contributed by atoms with E-state index in [0.717, 1.165) is 42.9 Å². The first-order valence-corrected chi connectivity index (χ1v) is 9.99. The molecule has 1 heterocycles. The molecular weight excluding hydrogens is 350 g/mol. The van der Waals surface area contributed by atoms with Crippen molar-refractivity contribution >= 4 is 17.5 Å². The van der Waals surface area contributed by atoms with Crippen molar-refractivity contribution in [2.45, 2.75) is 33.2 Å². The highest BCUT2D eigenvalue weighted by molar-refractivity contribution is 6.04. The highest BCUT2D eigenvalue weighted by Gasteiger charge is 2.23. The number of rotatable bonds is 6. The van der Waals surface area contributed by atoms with Gasteiger partial charge in [-0.25, -0.2) is 0 Å². The summed E-state index contributed by atoms with van der Waals surface area (Å²) in [5.74, 6) is -0.329. The molecule has 1 saturated heterocycles. The smallest absolute Gasteiger partial charge is 0.233 e. The van der Waals surface area contributed by atoms with Crippen LogP contribution in [0.4, 0.5) is 5.69 Å². The molecule has 1 aliphatic rings. The van der Waals surface area contributed by atoms with E-state index < -0.39 is 0 Å². The molecule has 0 spiro atoms. The van der Waals surface area contributed by atoms with Gasteiger partial charge in [0, 0.05) is 38.4 Å². The highest BCUT2D eigenvalue weighted by Crippen LogP contribution is 2.21. The van der Waals surface area contributed by atoms with Crippen molar-refractivity contribution < 1.29 is 9.59 Å². The minimum atomic E-state index is -0.235. The van der Waals surface area contributed by atoms with E-state index in [4.69, 9.17) is 0 Å². The van der Waals surface area contributed by atoms with E-state index in [-0.39, 0.29) is 18.2 Å². The summed E-state index contributed by atoms with van der Waals surface area (Å²) in [6.07, 6.45) is 0.741. The SMILES string of the molecule is CCc1cccc(C)c1NC(=O)CC(=O)N1CCN(Cc2ccccc2)CC1. The molecule has 1 fully saturated rings. The Bertz CT molecular complexity index is 812. The van der Waals surface area contributed by atoms with Crippen molar-refractivity contribution in [1.82, 2.24) is 9.80 Å². The van der Waals surface area contributed by atoms with Crippen LogP contribution in [0.5, 0.6) is 0 Å². The lowest BCUT2D eigenvalue weighted by atomic mass is 10.1. The fourth-order valence-electron chi connectivity index (χ4n) is 3.63. The summed E-state index contributed by atoms with van der Waals surface area (Å²) in [7, 11) is 0. The van der Waals surface area contributed by atoms with Gasteiger partial charge < -0.3 is 10.2 Å². The Hall–Kier alpha value is -2.66. The lowest BCUT2D eigenvalue weighted by Gasteiger charge is -2.34. The van der Waals surface area contributed by atoms with E-state index in [2.05, 4.69) is 29.3 Å². The molecule has 0 atom stereocenters. The zero-order chi connectivity index (χ0) is 19.9. The normalized spacial score (nSPS) is 14.7. The molecule has 1 N–H and O–H groups in total. The Labute approximate surface area is 167 Å². The molecule has 3 rings (SSSR count). The number of piperazine rings is 1. The maximum Gasteiger partial charge on any atom is 0.233 e. The van der Waals surface area contributed by atoms with Crippen LogP contribution < -0.4 is 5.32 Å². The summed E-state index contributed by atoms with van der Waals surface area (Å²) >= 11 is 0. The molecule has 28 heavy (non-hydrogen) atoms. The van der Waals surface area contributed by atoms with Gasteiger partial charge in [0.2, 0.25) is 11.8 Å². The van der Waals surface area contributed by atoms with Crippen LogP contribution in [0.1, 0.15) is 30.0 Å². The number of benzene rings is 2. The first kappa shape index (κ1) is 20.1. The number of aryl methyl sites for hydroxylation is 2. The number of nitrogens with zero attached hydrogens (tertiary/aromatic N) is 2. The number of carbonyl (C=O) groups excluding carboxylic acids is 2. The number of carbonyl (C=O) groups is 2. The molecule has 0 aliphatic carbocycles. The standard InChI is InChI=1S/C23H29N3O2/c1-3-20-11-7-8-18(2)23(20)24-21(27)16-22(28)26-14-12-25(13-15-26)17-19-9-5-4-6-10-19/h4-11H,3,12-17H2,1-2H3,(H,24,27). The van der Waals surface area contributed by atoms with Crippen LogP contribution in [-0.2, 0) is 22.6 Å². The fraction of sp³-hybridized carbons (Fsp3) is 0.391. The number of anilines is 1. The second-order valence-corrected chi connectivity index (χ2v) is 7.33. The summed E-state index contributed by atoms with van der Waals surface area (Å²) in [4.78, 5) is 29.1. The third-order valence-corrected chi connectivity index (χ3v) is 5.29. The van der Waals surface area contributed by atoms with Gasteiger partial charge in [0.25, 0.3) is 0 Å². The third kappa shape index (κ3) is 5.20. The van der Waals surface area contributed by atoms with Crippen molar-refractivity contribution in [3.8, 4) is 0 Å². The Morgan fingerprint density at radius 3 is 2.36 bits per heavy atom. The van der Waals surface area contributed by atoms with Crippen LogP contribution in [0.2, 0.25) is 0 Å². The van der Waals surface area contributed by atoms with Gasteiger partial charge in [-0.15, -0.1) is 0 Å². The summed E-state index contributed by atoms with van der Waals surface area (Å²) in [6, 6.07) is 16.3. The van der Waals surface area contributed by atoms with Gasteiger partial charge in [0.1, 0.15) is 6.42 Å². The first-order chi connectivity index (χ1) is 13.6. The summed E-state index contributed by atoms with van der Waals surface area (Å²) in [5, 5.41) is 2.94. The molecule has 5 nitrogen and oxygen atoms in total. The Morgan fingerprint density at radius 1 is 0.964 bits per heavy atom. The van der Waals surface area contributed by atoms with Gasteiger partial charge in [-0.05, 0) is 30.0 Å². The third-order valence-electron chi connectivity index (χ3n) is 5.29. The highest BCUT2D eigenvalue weighted by atomic mass is 16.2. The van der Waals surface area contributed by atoms with Crippen LogP contribution >= 0.6 is 0 Å². The van der Waals surface area contributed by atoms with Crippen molar-refractivity contribution in [1.29, 1.82) is 0 Å². The van der Waals surface area contributed by atoms with Crippen LogP contribution in [0.15, 0.2) is 48.5 Å². The second-order valence-electron chi connectivity index (χ2n) is 7.33. The zero-order valence-corrected chi connectivity index (χ0v) is 16.8. The predicted molar refractivity (Wildman–Crippen MR) is 112 cm³/mol. The molecule has 0 saturated carbocycles. The summed E-state index contributed by atoms with van der Waals surface area (Å²) in [6.45, 7) is 7.94. The molecule has 0 bridgehead atoms. The van der Waals surface area contributed by atoms with E-state index in [0.29, 0.717) is 13.1 Å². The van der Waals surface area contributed by atoms with Gasteiger partial charge in [-0.3, -0.25) is 14.5 Å². The summed E-state index contributed by atoms with van der Waals surface area (Å²) in [5.41, 5.74) is 4.24. The zero-order valence-electron chi connectivity index (χ0n) is 16.8. The monoisotopic (exact) mass is 379 g/mol. The second kappa shape index (κ2) is 9.51. The molecule has 148 valence electrons. The molecule has 1 aliphatic heterocycles. The van der Waals surface area contributed by atoms with Gasteiger partial charge in [-0.2, -0.15) is 0 Å². The predicted octanol–water partition coefficient (Wildman–Crippen LogP) is 3.23. The lowest BCUT2D eigenvalue weighted by Crippen LogP contribution is -2.48. The van der Waals surface area contributed by atoms with Crippen LogP contribution in [0, 0.1) is 6.92 Å². The van der Waals surface area contributed by atoms with Gasteiger partial charge in [0.15, 0.2) is 0 Å². The van der Waals surface area contributed by atoms with Crippen LogP contribution in [0.3, 0.4) is 0 Å². The van der Waals surface area contributed by atoms with Gasteiger partial charge >= 0.3 is 0 Å². The molecule has 5 heteroatoms. The molecule has 2 aromatic rings. The number of hydrogen-bond donors (Lipinski definition) is 1. The minimum absolute atomic E-state index is 0.0940. The molecule has 0 radical (unpaired) electrons. The van der Waals surface area contributed by atoms with E-state index >= 15 is 0 Å². The number of nitrogens with one attached hydrogen (secondary N) is 1. The van der Waals surface area contributed by atoms with E-state index in [1.54, 1.807) is 4.90 Å². The first-order valence-electron chi connectivity index (χ1n) is 9.99. The van der Waals surface area contributed by atoms with Gasteiger partial charge in [-0.1, -0.05) is 55.5 Å². The van der Waals surface area contributed by atoms with Crippen molar-refractivity contribution in [2.24, 2.45) is 0 Å². The average molecular weight is 380 g/mol. The van der Waals surface area contributed by atoms with Crippen molar-refractivity contribution in [2.75, 3.05) is 31.5 Å². The minimum Gasteiger partial charge on any atom is -0.340 e. The Kier molecular flexibility index (Phi) is 6.82. The molecule has 0 aromatic heterocycles. The average Bonchev–Trinajstić information content (AvgIpc) is 2.70. The number of amides is 2. The molecular formula is C23H29N3O2. The summed E-state index contributed by atoms with van der Waals surface area (Å²) < 4.78 is 0. The molecule has 2 amide bonds. The maximum absolute atomic E-state index is 12.5. The molecule has 0 unspecified atom stereocenters. The van der Waals surface area contributed by atoms with Crippen LogP contribution in [0.25, 0.3) is 0 Å². The van der Waals surface area contributed by atoms with Gasteiger partial charge in [0.05, 0.1) is 0 Å². The maximum atomic E-state index is 12.5. The number of para-hydroxylation sites is 1. The number of hydrogen-bond acceptors (Lipinski definition) is 3. The lowest BCUT2D eigenvalue weighted by molar-refractivity contribution is -0.136. The molecule has 2 aromatic carbocycles. The fourth-order valence-corrected chi connectivity index (χ4v) is 3.63. The Morgan fingerprint density at radius 2 is 1.68 bits per heavy atom. The Balaban J connectivity index is 1.48. The largest absolute Gasteiger partial charge is 0.340 e. The van der Waals surface area contributed by atoms with Crippen molar-refractivity contribution in [3.63, 3.8) is 0 Å². The van der Waals surface area contributed by atoms with Crippen LogP contribution in [-0.4, -0.2) is 47.8 Å². The topological polar surface area (TPSA) is 52.7 Å². The van der Waals surface area contributed by atoms with E-state index in [9.17, 15) is 9.59 Å². The van der Waals surface area contributed by atoms with E-state index in [1.165, 1.54) is 5.56 Å². The van der Waals surface area contributed by atoms with Crippen molar-refractivity contribution in [3.05, 3.63) is 65.2 Å². The van der Waals surface area contributed by atoms with E-state index in [1.807, 2.05) is 43.3 Å².